The van der Waals surface area contributed by atoms with E-state index >= 15 is 0 Å². The van der Waals surface area contributed by atoms with Crippen LogP contribution in [0.4, 0.5) is 11.8 Å². The molecule has 17 heavy (non-hydrogen) atoms. The van der Waals surface area contributed by atoms with Gasteiger partial charge in [0, 0.05) is 24.1 Å². The largest absolute Gasteiger partial charge is 0.368 e. The highest BCUT2D eigenvalue weighted by Crippen LogP contribution is 2.40. The third kappa shape index (κ3) is 2.87. The zero-order valence-corrected chi connectivity index (χ0v) is 10.5. The zero-order chi connectivity index (χ0) is 11.8. The van der Waals surface area contributed by atoms with E-state index in [4.69, 9.17) is 0 Å². The van der Waals surface area contributed by atoms with Crippen molar-refractivity contribution in [1.82, 2.24) is 9.97 Å². The molecule has 1 heterocycles. The molecule has 0 aromatic carbocycles. The minimum absolute atomic E-state index is 0.408. The Morgan fingerprint density at radius 1 is 1.18 bits per heavy atom. The maximum absolute atomic E-state index is 4.62. The van der Waals surface area contributed by atoms with Crippen molar-refractivity contribution in [2.75, 3.05) is 10.6 Å². The molecule has 2 fully saturated rings. The van der Waals surface area contributed by atoms with Crippen LogP contribution in [0.25, 0.3) is 0 Å². The quantitative estimate of drug-likeness (QED) is 0.819. The Balaban J connectivity index is 1.82. The van der Waals surface area contributed by atoms with Gasteiger partial charge in [0.05, 0.1) is 5.69 Å². The third-order valence-electron chi connectivity index (χ3n) is 3.09. The van der Waals surface area contributed by atoms with E-state index in [2.05, 4.69) is 40.5 Å². The molecule has 0 radical (unpaired) electrons. The van der Waals surface area contributed by atoms with Crippen LogP contribution in [0.2, 0.25) is 0 Å². The van der Waals surface area contributed by atoms with Gasteiger partial charge >= 0.3 is 0 Å². The first-order chi connectivity index (χ1) is 8.20. The summed E-state index contributed by atoms with van der Waals surface area (Å²) >= 11 is 0. The number of nitrogens with zero attached hydrogens (tertiary/aromatic N) is 2. The first kappa shape index (κ1) is 10.8. The summed E-state index contributed by atoms with van der Waals surface area (Å²) in [4.78, 5) is 9.15. The minimum atomic E-state index is 0.408. The second kappa shape index (κ2) is 4.17. The molecule has 2 aliphatic carbocycles. The molecule has 0 amide bonds. The lowest BCUT2D eigenvalue weighted by molar-refractivity contribution is 0.877. The first-order valence-electron chi connectivity index (χ1n) is 6.63. The van der Waals surface area contributed by atoms with Crippen molar-refractivity contribution in [2.45, 2.75) is 57.5 Å². The molecule has 0 atom stereocenters. The van der Waals surface area contributed by atoms with E-state index in [1.54, 1.807) is 0 Å². The highest BCUT2D eigenvalue weighted by Gasteiger charge is 2.27. The normalized spacial score (nSPS) is 19.5. The Kier molecular flexibility index (Phi) is 2.65. The number of nitrogens with one attached hydrogen (secondary N) is 2. The maximum Gasteiger partial charge on any atom is 0.225 e. The lowest BCUT2D eigenvalue weighted by Gasteiger charge is -2.12. The average molecular weight is 232 g/mol. The van der Waals surface area contributed by atoms with E-state index < -0.39 is 0 Å². The number of rotatable bonds is 5. The molecule has 2 aliphatic rings. The molecule has 4 heteroatoms. The molecular weight excluding hydrogens is 212 g/mol. The number of anilines is 2. The third-order valence-corrected chi connectivity index (χ3v) is 3.09. The molecule has 3 rings (SSSR count). The average Bonchev–Trinajstić information content (AvgIpc) is 3.12. The predicted octanol–water partition coefficient (Wildman–Crippen LogP) is 2.75. The van der Waals surface area contributed by atoms with Crippen LogP contribution in [0.1, 0.15) is 51.1 Å². The van der Waals surface area contributed by atoms with Crippen molar-refractivity contribution in [3.8, 4) is 0 Å². The summed E-state index contributed by atoms with van der Waals surface area (Å²) in [6.07, 6.45) is 5.07. The van der Waals surface area contributed by atoms with Crippen LogP contribution in [-0.4, -0.2) is 22.1 Å². The van der Waals surface area contributed by atoms with E-state index in [0.717, 1.165) is 11.8 Å². The van der Waals surface area contributed by atoms with Crippen molar-refractivity contribution in [2.24, 2.45) is 0 Å². The number of hydrogen-bond donors (Lipinski definition) is 2. The smallest absolute Gasteiger partial charge is 0.225 e. The molecule has 0 aliphatic heterocycles. The summed E-state index contributed by atoms with van der Waals surface area (Å²) < 4.78 is 0. The van der Waals surface area contributed by atoms with E-state index in [9.17, 15) is 0 Å². The summed E-state index contributed by atoms with van der Waals surface area (Å²) in [7, 11) is 0. The highest BCUT2D eigenvalue weighted by molar-refractivity contribution is 5.45. The molecule has 4 nitrogen and oxygen atoms in total. The van der Waals surface area contributed by atoms with Gasteiger partial charge in [-0.3, -0.25) is 0 Å². The fraction of sp³-hybridized carbons (Fsp3) is 0.692. The molecule has 1 aromatic heterocycles. The Morgan fingerprint density at radius 2 is 1.94 bits per heavy atom. The molecule has 0 saturated heterocycles. The van der Waals surface area contributed by atoms with Gasteiger partial charge in [-0.05, 0) is 39.5 Å². The molecule has 2 N–H and O–H groups in total. The standard InChI is InChI=1S/C13H20N4/c1-8(2)14-12-7-11(9-3-4-9)16-13(17-12)15-10-5-6-10/h7-10H,3-6H2,1-2H3,(H2,14,15,16,17). The van der Waals surface area contributed by atoms with Gasteiger partial charge in [0.2, 0.25) is 5.95 Å². The van der Waals surface area contributed by atoms with Gasteiger partial charge in [0.1, 0.15) is 5.82 Å². The van der Waals surface area contributed by atoms with Gasteiger partial charge in [0.25, 0.3) is 0 Å². The molecule has 92 valence electrons. The lowest BCUT2D eigenvalue weighted by Crippen LogP contribution is -2.14. The maximum atomic E-state index is 4.62. The molecule has 0 unspecified atom stereocenters. The van der Waals surface area contributed by atoms with Gasteiger partial charge in [0.15, 0.2) is 0 Å². The lowest BCUT2D eigenvalue weighted by atomic mass is 10.2. The minimum Gasteiger partial charge on any atom is -0.368 e. The van der Waals surface area contributed by atoms with Crippen molar-refractivity contribution < 1.29 is 0 Å². The van der Waals surface area contributed by atoms with Crippen LogP contribution in [0.15, 0.2) is 6.07 Å². The van der Waals surface area contributed by atoms with E-state index in [0.29, 0.717) is 18.0 Å². The Labute approximate surface area is 102 Å². The van der Waals surface area contributed by atoms with Crippen molar-refractivity contribution in [3.63, 3.8) is 0 Å². The van der Waals surface area contributed by atoms with Gasteiger partial charge < -0.3 is 10.6 Å². The number of hydrogen-bond acceptors (Lipinski definition) is 4. The van der Waals surface area contributed by atoms with Gasteiger partial charge in [-0.2, -0.15) is 4.98 Å². The van der Waals surface area contributed by atoms with Gasteiger partial charge in [-0.25, -0.2) is 4.98 Å². The first-order valence-corrected chi connectivity index (χ1v) is 6.63. The summed E-state index contributed by atoms with van der Waals surface area (Å²) in [5.74, 6) is 2.44. The summed E-state index contributed by atoms with van der Waals surface area (Å²) in [6, 6.07) is 3.12. The van der Waals surface area contributed by atoms with Crippen molar-refractivity contribution in [1.29, 1.82) is 0 Å². The Hall–Kier alpha value is -1.32. The van der Waals surface area contributed by atoms with Crippen molar-refractivity contribution >= 4 is 11.8 Å². The summed E-state index contributed by atoms with van der Waals surface area (Å²) in [5.41, 5.74) is 1.20. The molecule has 0 bridgehead atoms. The van der Waals surface area contributed by atoms with E-state index in [1.165, 1.54) is 31.4 Å². The second-order valence-electron chi connectivity index (χ2n) is 5.49. The van der Waals surface area contributed by atoms with Gasteiger partial charge in [-0.15, -0.1) is 0 Å². The Morgan fingerprint density at radius 3 is 2.53 bits per heavy atom. The van der Waals surface area contributed by atoms with Crippen LogP contribution in [-0.2, 0) is 0 Å². The van der Waals surface area contributed by atoms with E-state index in [1.807, 2.05) is 0 Å². The highest BCUT2D eigenvalue weighted by atomic mass is 15.2. The van der Waals surface area contributed by atoms with Crippen LogP contribution < -0.4 is 10.6 Å². The fourth-order valence-electron chi connectivity index (χ4n) is 1.90. The molecule has 1 aromatic rings. The summed E-state index contributed by atoms with van der Waals surface area (Å²) in [6.45, 7) is 4.26. The SMILES string of the molecule is CC(C)Nc1cc(C2CC2)nc(NC2CC2)n1. The Bertz CT molecular complexity index is 386. The molecule has 0 spiro atoms. The molecule has 2 saturated carbocycles. The van der Waals surface area contributed by atoms with Crippen molar-refractivity contribution in [3.05, 3.63) is 11.8 Å². The van der Waals surface area contributed by atoms with Gasteiger partial charge in [-0.1, -0.05) is 0 Å². The van der Waals surface area contributed by atoms with E-state index in [-0.39, 0.29) is 0 Å². The fourth-order valence-corrected chi connectivity index (χ4v) is 1.90. The monoisotopic (exact) mass is 232 g/mol. The zero-order valence-electron chi connectivity index (χ0n) is 10.5. The second-order valence-corrected chi connectivity index (χ2v) is 5.49. The predicted molar refractivity (Wildman–Crippen MR) is 69.4 cm³/mol. The van der Waals surface area contributed by atoms with Crippen LogP contribution in [0, 0.1) is 0 Å². The number of aromatic nitrogens is 2. The van der Waals surface area contributed by atoms with Crippen LogP contribution >= 0.6 is 0 Å². The van der Waals surface area contributed by atoms with Crippen LogP contribution in [0.3, 0.4) is 0 Å². The molecular formula is C13H20N4. The topological polar surface area (TPSA) is 49.8 Å². The van der Waals surface area contributed by atoms with Crippen LogP contribution in [0.5, 0.6) is 0 Å². The summed E-state index contributed by atoms with van der Waals surface area (Å²) in [5, 5.41) is 6.76.